The highest BCUT2D eigenvalue weighted by Gasteiger charge is 2.27. The van der Waals surface area contributed by atoms with Gasteiger partial charge < -0.3 is 15.4 Å². The van der Waals surface area contributed by atoms with Gasteiger partial charge in [-0.15, -0.1) is 11.3 Å². The van der Waals surface area contributed by atoms with E-state index in [9.17, 15) is 13.2 Å². The molecule has 0 spiro atoms. The zero-order chi connectivity index (χ0) is 19.7. The number of hydrogen-bond acceptors (Lipinski definition) is 4. The standard InChI is InChI=1S/C18H23F3N4OS/c1-3-22-17(24-9-16-13(2)25-12-27-16)23-8-14-4-6-15(7-5-14)10-26-11-18(19,20)21/h4-7,12H,3,8-11H2,1-2H3,(H2,22,23,24). The summed E-state index contributed by atoms with van der Waals surface area (Å²) in [6.07, 6.45) is -4.30. The topological polar surface area (TPSA) is 58.5 Å². The molecule has 0 radical (unpaired) electrons. The van der Waals surface area contributed by atoms with E-state index in [2.05, 4.69) is 25.3 Å². The first-order chi connectivity index (χ1) is 12.9. The molecule has 148 valence electrons. The van der Waals surface area contributed by atoms with Gasteiger partial charge in [0.25, 0.3) is 0 Å². The maximum absolute atomic E-state index is 12.1. The van der Waals surface area contributed by atoms with Gasteiger partial charge in [-0.25, -0.2) is 9.98 Å². The fourth-order valence-corrected chi connectivity index (χ4v) is 2.91. The van der Waals surface area contributed by atoms with Gasteiger partial charge in [-0.05, 0) is 25.0 Å². The van der Waals surface area contributed by atoms with Gasteiger partial charge >= 0.3 is 6.18 Å². The maximum atomic E-state index is 12.1. The number of aromatic nitrogens is 1. The average Bonchev–Trinajstić information content (AvgIpc) is 3.02. The molecule has 1 aromatic heterocycles. The number of aryl methyl sites for hydroxylation is 1. The third-order valence-corrected chi connectivity index (χ3v) is 4.52. The van der Waals surface area contributed by atoms with Crippen molar-refractivity contribution in [2.24, 2.45) is 4.99 Å². The third kappa shape index (κ3) is 7.96. The number of benzene rings is 1. The van der Waals surface area contributed by atoms with E-state index in [0.29, 0.717) is 24.6 Å². The Morgan fingerprint density at radius 2 is 1.89 bits per heavy atom. The molecule has 0 bridgehead atoms. The largest absolute Gasteiger partial charge is 0.411 e. The third-order valence-electron chi connectivity index (χ3n) is 3.58. The summed E-state index contributed by atoms with van der Waals surface area (Å²) < 4.78 is 40.9. The number of ether oxygens (including phenoxy) is 1. The van der Waals surface area contributed by atoms with Gasteiger partial charge in [0.05, 0.1) is 30.9 Å². The molecular weight excluding hydrogens is 377 g/mol. The number of guanidine groups is 1. The molecule has 2 rings (SSSR count). The van der Waals surface area contributed by atoms with Crippen molar-refractivity contribution in [1.82, 2.24) is 15.6 Å². The molecule has 0 unspecified atom stereocenters. The van der Waals surface area contributed by atoms with Crippen LogP contribution >= 0.6 is 11.3 Å². The number of rotatable bonds is 8. The molecule has 0 aliphatic heterocycles. The van der Waals surface area contributed by atoms with Crippen LogP contribution in [-0.4, -0.2) is 30.3 Å². The molecule has 0 amide bonds. The Hall–Kier alpha value is -2.13. The first-order valence-corrected chi connectivity index (χ1v) is 9.39. The fourth-order valence-electron chi connectivity index (χ4n) is 2.20. The van der Waals surface area contributed by atoms with Crippen molar-refractivity contribution in [3.05, 3.63) is 51.5 Å². The molecule has 9 heteroatoms. The van der Waals surface area contributed by atoms with Gasteiger partial charge in [0.2, 0.25) is 0 Å². The predicted octanol–water partition coefficient (Wildman–Crippen LogP) is 3.79. The Kier molecular flexibility index (Phi) is 8.05. The number of halogens is 3. The molecule has 2 N–H and O–H groups in total. The van der Waals surface area contributed by atoms with E-state index in [4.69, 9.17) is 0 Å². The predicted molar refractivity (Wildman–Crippen MR) is 101 cm³/mol. The van der Waals surface area contributed by atoms with Gasteiger partial charge in [0.1, 0.15) is 6.61 Å². The molecular formula is C18H23F3N4OS. The quantitative estimate of drug-likeness (QED) is 0.523. The number of alkyl halides is 3. The summed E-state index contributed by atoms with van der Waals surface area (Å²) in [6.45, 7) is 4.50. The van der Waals surface area contributed by atoms with Crippen molar-refractivity contribution < 1.29 is 17.9 Å². The van der Waals surface area contributed by atoms with Crippen molar-refractivity contribution in [2.75, 3.05) is 13.2 Å². The molecule has 1 aromatic carbocycles. The fraction of sp³-hybridized carbons (Fsp3) is 0.444. The number of nitrogens with one attached hydrogen (secondary N) is 2. The lowest BCUT2D eigenvalue weighted by atomic mass is 10.1. The van der Waals surface area contributed by atoms with Gasteiger partial charge in [-0.2, -0.15) is 13.2 Å². The minimum absolute atomic E-state index is 0.0680. The van der Waals surface area contributed by atoms with Gasteiger partial charge in [-0.1, -0.05) is 24.3 Å². The second-order valence-corrected chi connectivity index (χ2v) is 6.77. The van der Waals surface area contributed by atoms with Crippen LogP contribution in [0.1, 0.15) is 28.6 Å². The molecule has 0 fully saturated rings. The molecule has 2 aromatic rings. The summed E-state index contributed by atoms with van der Waals surface area (Å²) in [5.41, 5.74) is 4.47. The van der Waals surface area contributed by atoms with Crippen molar-refractivity contribution in [2.45, 2.75) is 39.7 Å². The summed E-state index contributed by atoms with van der Waals surface area (Å²) in [6, 6.07) is 7.18. The van der Waals surface area contributed by atoms with Crippen LogP contribution in [0.4, 0.5) is 13.2 Å². The lowest BCUT2D eigenvalue weighted by molar-refractivity contribution is -0.176. The van der Waals surface area contributed by atoms with E-state index in [1.165, 1.54) is 0 Å². The van der Waals surface area contributed by atoms with Crippen molar-refractivity contribution in [3.63, 3.8) is 0 Å². The monoisotopic (exact) mass is 400 g/mol. The molecule has 0 aliphatic carbocycles. The first-order valence-electron chi connectivity index (χ1n) is 8.51. The van der Waals surface area contributed by atoms with E-state index in [-0.39, 0.29) is 6.61 Å². The average molecular weight is 400 g/mol. The number of hydrogen-bond donors (Lipinski definition) is 2. The lowest BCUT2D eigenvalue weighted by Gasteiger charge is -2.11. The van der Waals surface area contributed by atoms with Crippen LogP contribution in [0.3, 0.4) is 0 Å². The second kappa shape index (κ2) is 10.3. The van der Waals surface area contributed by atoms with Crippen LogP contribution in [0.25, 0.3) is 0 Å². The van der Waals surface area contributed by atoms with Crippen LogP contribution < -0.4 is 10.6 Å². The Bertz CT molecular complexity index is 729. The minimum atomic E-state index is -4.30. The smallest absolute Gasteiger partial charge is 0.367 e. The van der Waals surface area contributed by atoms with E-state index >= 15 is 0 Å². The molecule has 0 aliphatic rings. The highest BCUT2D eigenvalue weighted by atomic mass is 32.1. The summed E-state index contributed by atoms with van der Waals surface area (Å²) >= 11 is 1.59. The molecule has 1 heterocycles. The van der Waals surface area contributed by atoms with E-state index in [1.54, 1.807) is 23.5 Å². The van der Waals surface area contributed by atoms with Crippen LogP contribution in [0.2, 0.25) is 0 Å². The van der Waals surface area contributed by atoms with E-state index in [1.807, 2.05) is 31.5 Å². The summed E-state index contributed by atoms with van der Waals surface area (Å²) in [7, 11) is 0. The number of thiazole rings is 1. The van der Waals surface area contributed by atoms with E-state index in [0.717, 1.165) is 22.7 Å². The summed E-state index contributed by atoms with van der Waals surface area (Å²) in [5, 5.41) is 6.46. The minimum Gasteiger partial charge on any atom is -0.367 e. The molecule has 0 saturated carbocycles. The van der Waals surface area contributed by atoms with Gasteiger partial charge in [0, 0.05) is 11.4 Å². The van der Waals surface area contributed by atoms with Gasteiger partial charge in [-0.3, -0.25) is 0 Å². The molecule has 0 saturated heterocycles. The van der Waals surface area contributed by atoms with Gasteiger partial charge in [0.15, 0.2) is 5.96 Å². The maximum Gasteiger partial charge on any atom is 0.411 e. The van der Waals surface area contributed by atoms with E-state index < -0.39 is 12.8 Å². The summed E-state index contributed by atoms with van der Waals surface area (Å²) in [5.74, 6) is 0.697. The Labute approximate surface area is 160 Å². The SMILES string of the molecule is CCNC(=NCc1ccc(COCC(F)(F)F)cc1)NCc1scnc1C. The normalized spacial score (nSPS) is 12.3. The first kappa shape index (κ1) is 21.2. The highest BCUT2D eigenvalue weighted by Crippen LogP contribution is 2.16. The Morgan fingerprint density at radius 3 is 2.48 bits per heavy atom. The Morgan fingerprint density at radius 1 is 1.19 bits per heavy atom. The number of aliphatic imine (C=N–C) groups is 1. The van der Waals surface area contributed by atoms with Crippen molar-refractivity contribution in [1.29, 1.82) is 0 Å². The number of nitrogens with zero attached hydrogens (tertiary/aromatic N) is 2. The van der Waals surface area contributed by atoms with Crippen LogP contribution in [0.15, 0.2) is 34.8 Å². The molecule has 0 atom stereocenters. The van der Waals surface area contributed by atoms with Crippen molar-refractivity contribution >= 4 is 17.3 Å². The van der Waals surface area contributed by atoms with Crippen LogP contribution in [0, 0.1) is 6.92 Å². The molecule has 27 heavy (non-hydrogen) atoms. The summed E-state index contributed by atoms with van der Waals surface area (Å²) in [4.78, 5) is 9.91. The van der Waals surface area contributed by atoms with Crippen molar-refractivity contribution in [3.8, 4) is 0 Å². The van der Waals surface area contributed by atoms with Crippen LogP contribution in [-0.2, 0) is 24.4 Å². The lowest BCUT2D eigenvalue weighted by Crippen LogP contribution is -2.36. The Balaban J connectivity index is 1.86. The second-order valence-electron chi connectivity index (χ2n) is 5.83. The molecule has 5 nitrogen and oxygen atoms in total. The zero-order valence-electron chi connectivity index (χ0n) is 15.3. The highest BCUT2D eigenvalue weighted by molar-refractivity contribution is 7.09. The zero-order valence-corrected chi connectivity index (χ0v) is 16.1. The van der Waals surface area contributed by atoms with Crippen LogP contribution in [0.5, 0.6) is 0 Å².